The summed E-state index contributed by atoms with van der Waals surface area (Å²) < 4.78 is 34.1. The van der Waals surface area contributed by atoms with E-state index in [1.165, 1.54) is 29.2 Å². The average molecular weight is 637 g/mol. The number of thioether (sulfide) groups is 1. The van der Waals surface area contributed by atoms with Crippen LogP contribution in [0.15, 0.2) is 97.7 Å². The molecule has 1 heterocycles. The van der Waals surface area contributed by atoms with Gasteiger partial charge in [0.25, 0.3) is 21.8 Å². The molecule has 3 aromatic rings. The number of methoxy groups -OCH3 is 1. The second kappa shape index (κ2) is 12.4. The molecule has 3 aromatic carbocycles. The van der Waals surface area contributed by atoms with Gasteiger partial charge in [-0.05, 0) is 73.2 Å². The normalized spacial score (nSPS) is 13.8. The first-order valence-electron chi connectivity index (χ1n) is 11.4. The third kappa shape index (κ3) is 6.78. The van der Waals surface area contributed by atoms with Gasteiger partial charge in [-0.2, -0.15) is 0 Å². The summed E-state index contributed by atoms with van der Waals surface area (Å²) in [6.45, 7) is 0.618. The van der Waals surface area contributed by atoms with Crippen molar-refractivity contribution in [3.63, 3.8) is 0 Å². The first-order valence-corrected chi connectivity index (χ1v) is 14.8. The summed E-state index contributed by atoms with van der Waals surface area (Å²) in [5.41, 5.74) is 1.11. The van der Waals surface area contributed by atoms with E-state index < -0.39 is 21.8 Å². The Morgan fingerprint density at radius 1 is 0.974 bits per heavy atom. The van der Waals surface area contributed by atoms with Crippen LogP contribution in [0.25, 0.3) is 0 Å². The minimum absolute atomic E-state index is 0.0620. The molecule has 0 radical (unpaired) electrons. The summed E-state index contributed by atoms with van der Waals surface area (Å²) in [5.74, 6) is -0.862. The Morgan fingerprint density at radius 2 is 1.68 bits per heavy atom. The molecule has 4 rings (SSSR count). The molecule has 0 fully saturated rings. The van der Waals surface area contributed by atoms with E-state index in [0.717, 1.165) is 16.2 Å². The summed E-state index contributed by atoms with van der Waals surface area (Å²) in [7, 11) is -2.30. The van der Waals surface area contributed by atoms with Crippen molar-refractivity contribution in [1.82, 2.24) is 4.90 Å². The van der Waals surface area contributed by atoms with Crippen molar-refractivity contribution in [2.75, 3.05) is 30.3 Å². The van der Waals surface area contributed by atoms with Crippen molar-refractivity contribution in [2.45, 2.75) is 16.2 Å². The van der Waals surface area contributed by atoms with Gasteiger partial charge in [-0.3, -0.25) is 19.2 Å². The molecule has 12 heteroatoms. The number of halogens is 2. The number of benzene rings is 3. The van der Waals surface area contributed by atoms with Crippen molar-refractivity contribution in [3.8, 4) is 0 Å². The summed E-state index contributed by atoms with van der Waals surface area (Å²) in [6.07, 6.45) is 0.499. The zero-order chi connectivity index (χ0) is 27.3. The standard InChI is InChI=1S/C26H23BrClN3O5S2/c1-36-15-3-14-31-25(32)23(29-19-10-6-17(27)7-11-19)24(26(31)33)37-21-5-2-4-20(16-21)30-38(34,35)22-12-8-18(28)9-13-22/h2,4-13,16,29-30H,3,14-15H2,1H3. The minimum Gasteiger partial charge on any atom is -0.385 e. The van der Waals surface area contributed by atoms with Crippen LogP contribution in [0.3, 0.4) is 0 Å². The van der Waals surface area contributed by atoms with Gasteiger partial charge in [0.1, 0.15) is 10.6 Å². The minimum atomic E-state index is -3.86. The summed E-state index contributed by atoms with van der Waals surface area (Å²) in [6, 6.07) is 19.7. The predicted molar refractivity (Wildman–Crippen MR) is 153 cm³/mol. The molecule has 0 atom stereocenters. The van der Waals surface area contributed by atoms with Gasteiger partial charge in [-0.15, -0.1) is 0 Å². The number of ether oxygens (including phenoxy) is 1. The molecule has 0 saturated heterocycles. The number of nitrogens with one attached hydrogen (secondary N) is 2. The first-order chi connectivity index (χ1) is 18.2. The van der Waals surface area contributed by atoms with E-state index in [2.05, 4.69) is 26.0 Å². The third-order valence-corrected chi connectivity index (χ3v) is 8.65. The van der Waals surface area contributed by atoms with Crippen molar-refractivity contribution in [2.24, 2.45) is 0 Å². The summed E-state index contributed by atoms with van der Waals surface area (Å²) >= 11 is 10.3. The lowest BCUT2D eigenvalue weighted by Gasteiger charge is -2.14. The van der Waals surface area contributed by atoms with Crippen LogP contribution in [-0.2, 0) is 24.3 Å². The number of amides is 2. The maximum Gasteiger partial charge on any atom is 0.278 e. The van der Waals surface area contributed by atoms with E-state index in [1.54, 1.807) is 43.5 Å². The van der Waals surface area contributed by atoms with Crippen LogP contribution in [0.2, 0.25) is 5.02 Å². The molecule has 38 heavy (non-hydrogen) atoms. The highest BCUT2D eigenvalue weighted by molar-refractivity contribution is 9.10. The number of hydrogen-bond acceptors (Lipinski definition) is 7. The maximum absolute atomic E-state index is 13.3. The Bertz CT molecular complexity index is 1480. The average Bonchev–Trinajstić information content (AvgIpc) is 3.09. The van der Waals surface area contributed by atoms with Gasteiger partial charge < -0.3 is 10.1 Å². The molecule has 0 aliphatic carbocycles. The number of carbonyl (C=O) groups excluding carboxylic acids is 2. The third-order valence-electron chi connectivity index (χ3n) is 5.40. The van der Waals surface area contributed by atoms with E-state index in [-0.39, 0.29) is 22.0 Å². The van der Waals surface area contributed by atoms with E-state index in [1.807, 2.05) is 12.1 Å². The smallest absolute Gasteiger partial charge is 0.278 e. The highest BCUT2D eigenvalue weighted by atomic mass is 79.9. The van der Waals surface area contributed by atoms with E-state index in [0.29, 0.717) is 34.3 Å². The topological polar surface area (TPSA) is 105 Å². The van der Waals surface area contributed by atoms with Gasteiger partial charge >= 0.3 is 0 Å². The fraction of sp³-hybridized carbons (Fsp3) is 0.154. The molecular weight excluding hydrogens is 614 g/mol. The van der Waals surface area contributed by atoms with Gasteiger partial charge in [0, 0.05) is 46.0 Å². The van der Waals surface area contributed by atoms with Crippen molar-refractivity contribution >= 4 is 72.5 Å². The monoisotopic (exact) mass is 635 g/mol. The molecule has 1 aliphatic rings. The largest absolute Gasteiger partial charge is 0.385 e. The molecule has 0 bridgehead atoms. The van der Waals surface area contributed by atoms with Crippen LogP contribution in [-0.4, -0.2) is 45.4 Å². The lowest BCUT2D eigenvalue weighted by Crippen LogP contribution is -2.33. The van der Waals surface area contributed by atoms with E-state index in [4.69, 9.17) is 16.3 Å². The number of hydrogen-bond donors (Lipinski definition) is 2. The molecule has 0 unspecified atom stereocenters. The van der Waals surface area contributed by atoms with Crippen LogP contribution in [0.1, 0.15) is 6.42 Å². The second-order valence-electron chi connectivity index (χ2n) is 8.13. The molecule has 2 N–H and O–H groups in total. The molecule has 0 aromatic heterocycles. The molecule has 0 saturated carbocycles. The van der Waals surface area contributed by atoms with Gasteiger partial charge in [0.05, 0.1) is 4.90 Å². The number of anilines is 2. The van der Waals surface area contributed by atoms with E-state index >= 15 is 0 Å². The molecular formula is C26H23BrClN3O5S2. The molecule has 1 aliphatic heterocycles. The maximum atomic E-state index is 13.3. The number of carbonyl (C=O) groups is 2. The number of rotatable bonds is 11. The summed E-state index contributed by atoms with van der Waals surface area (Å²) in [4.78, 5) is 28.6. The Kier molecular flexibility index (Phi) is 9.16. The Morgan fingerprint density at radius 3 is 2.37 bits per heavy atom. The highest BCUT2D eigenvalue weighted by Crippen LogP contribution is 2.37. The fourth-order valence-electron chi connectivity index (χ4n) is 3.58. The number of sulfonamides is 1. The zero-order valence-corrected chi connectivity index (χ0v) is 24.1. The Hall–Kier alpha value is -2.83. The summed E-state index contributed by atoms with van der Waals surface area (Å²) in [5, 5.41) is 3.52. The number of imide groups is 1. The van der Waals surface area contributed by atoms with Gasteiger partial charge in [0.15, 0.2) is 0 Å². The van der Waals surface area contributed by atoms with Crippen LogP contribution >= 0.6 is 39.3 Å². The van der Waals surface area contributed by atoms with Crippen molar-refractivity contribution in [1.29, 1.82) is 0 Å². The SMILES string of the molecule is COCCCN1C(=O)C(Nc2ccc(Br)cc2)=C(Sc2cccc(NS(=O)(=O)c3ccc(Cl)cc3)c2)C1=O. The quantitative estimate of drug-likeness (QED) is 0.205. The lowest BCUT2D eigenvalue weighted by molar-refractivity contribution is -0.137. The Labute approximate surface area is 238 Å². The van der Waals surface area contributed by atoms with Crippen LogP contribution < -0.4 is 10.0 Å². The van der Waals surface area contributed by atoms with Gasteiger partial charge in [0.2, 0.25) is 0 Å². The lowest BCUT2D eigenvalue weighted by atomic mass is 10.3. The molecule has 198 valence electrons. The molecule has 8 nitrogen and oxygen atoms in total. The molecule has 0 spiro atoms. The fourth-order valence-corrected chi connectivity index (χ4v) is 6.02. The van der Waals surface area contributed by atoms with Crippen LogP contribution in [0.4, 0.5) is 11.4 Å². The van der Waals surface area contributed by atoms with Crippen molar-refractivity contribution < 1.29 is 22.7 Å². The van der Waals surface area contributed by atoms with Gasteiger partial charge in [-0.1, -0.05) is 45.4 Å². The predicted octanol–water partition coefficient (Wildman–Crippen LogP) is 5.72. The highest BCUT2D eigenvalue weighted by Gasteiger charge is 2.38. The zero-order valence-electron chi connectivity index (χ0n) is 20.1. The second-order valence-corrected chi connectivity index (χ2v) is 12.3. The van der Waals surface area contributed by atoms with E-state index in [9.17, 15) is 18.0 Å². The van der Waals surface area contributed by atoms with Crippen molar-refractivity contribution in [3.05, 3.63) is 92.9 Å². The Balaban J connectivity index is 1.61. The number of nitrogens with zero attached hydrogens (tertiary/aromatic N) is 1. The first kappa shape index (κ1) is 28.2. The van der Waals surface area contributed by atoms with Crippen LogP contribution in [0.5, 0.6) is 0 Å². The van der Waals surface area contributed by atoms with Gasteiger partial charge in [-0.25, -0.2) is 8.42 Å². The van der Waals surface area contributed by atoms with Crippen LogP contribution in [0, 0.1) is 0 Å². The molecule has 2 amide bonds.